The summed E-state index contributed by atoms with van der Waals surface area (Å²) in [4.78, 5) is 24.7. The highest BCUT2D eigenvalue weighted by molar-refractivity contribution is 9.10. The second kappa shape index (κ2) is 11.2. The van der Waals surface area contributed by atoms with E-state index in [0.29, 0.717) is 40.2 Å². The molecule has 0 bridgehead atoms. The second-order valence-corrected chi connectivity index (χ2v) is 8.17. The first kappa shape index (κ1) is 23.2. The fraction of sp³-hybridized carbons (Fsp3) is 0.318. The highest BCUT2D eigenvalue weighted by Gasteiger charge is 2.17. The smallest absolute Gasteiger partial charge is 0.257 e. The molecule has 2 aromatic carbocycles. The lowest BCUT2D eigenvalue weighted by atomic mass is 10.2. The molecule has 1 heterocycles. The minimum atomic E-state index is -0.341. The average Bonchev–Trinajstić information content (AvgIpc) is 3.27. The lowest BCUT2D eigenvalue weighted by molar-refractivity contribution is 0.0857. The third kappa shape index (κ3) is 6.75. The van der Waals surface area contributed by atoms with Crippen molar-refractivity contribution in [2.75, 3.05) is 25.1 Å². The number of benzene rings is 2. The molecule has 3 N–H and O–H groups in total. The third-order valence-corrected chi connectivity index (χ3v) is 5.46. The van der Waals surface area contributed by atoms with Gasteiger partial charge in [0.2, 0.25) is 0 Å². The van der Waals surface area contributed by atoms with Crippen molar-refractivity contribution in [3.63, 3.8) is 0 Å². The first-order valence-corrected chi connectivity index (χ1v) is 11.2. The van der Waals surface area contributed by atoms with E-state index in [9.17, 15) is 9.59 Å². The highest BCUT2D eigenvalue weighted by Crippen LogP contribution is 2.26. The lowest BCUT2D eigenvalue weighted by Gasteiger charge is -2.12. The van der Waals surface area contributed by atoms with Gasteiger partial charge in [0.25, 0.3) is 11.8 Å². The Morgan fingerprint density at radius 2 is 1.90 bits per heavy atom. The van der Waals surface area contributed by atoms with Crippen LogP contribution in [0, 0.1) is 0 Å². The molecule has 0 radical (unpaired) electrons. The normalized spacial score (nSPS) is 15.2. The SMILES string of the molecule is CCOc1ccc(C(=O)NC(=S)Nc2ccc(C(=O)NCC3CCCO3)cc2)cc1Br. The van der Waals surface area contributed by atoms with Crippen molar-refractivity contribution in [2.45, 2.75) is 25.9 Å². The van der Waals surface area contributed by atoms with E-state index >= 15 is 0 Å². The van der Waals surface area contributed by atoms with Crippen LogP contribution in [0.25, 0.3) is 0 Å². The fourth-order valence-electron chi connectivity index (χ4n) is 3.07. The number of thiocarbonyl (C=S) groups is 1. The van der Waals surface area contributed by atoms with Gasteiger partial charge in [-0.15, -0.1) is 0 Å². The molecule has 0 spiro atoms. The number of halogens is 1. The van der Waals surface area contributed by atoms with Crippen molar-refractivity contribution in [3.8, 4) is 5.75 Å². The maximum atomic E-state index is 12.4. The van der Waals surface area contributed by atoms with Crippen LogP contribution in [0.5, 0.6) is 5.75 Å². The maximum Gasteiger partial charge on any atom is 0.257 e. The molecule has 2 aromatic rings. The van der Waals surface area contributed by atoms with Crippen LogP contribution in [0.4, 0.5) is 5.69 Å². The molecule has 31 heavy (non-hydrogen) atoms. The quantitative estimate of drug-likeness (QED) is 0.494. The predicted molar refractivity (Wildman–Crippen MR) is 127 cm³/mol. The van der Waals surface area contributed by atoms with E-state index < -0.39 is 0 Å². The summed E-state index contributed by atoms with van der Waals surface area (Å²) in [5.41, 5.74) is 1.64. The topological polar surface area (TPSA) is 88.7 Å². The fourth-order valence-corrected chi connectivity index (χ4v) is 3.77. The monoisotopic (exact) mass is 505 g/mol. The number of hydrogen-bond donors (Lipinski definition) is 3. The Morgan fingerprint density at radius 3 is 2.55 bits per heavy atom. The average molecular weight is 506 g/mol. The molecular formula is C22H24BrN3O4S. The summed E-state index contributed by atoms with van der Waals surface area (Å²) >= 11 is 8.62. The van der Waals surface area contributed by atoms with Crippen molar-refractivity contribution in [2.24, 2.45) is 0 Å². The van der Waals surface area contributed by atoms with Crippen LogP contribution in [0.1, 0.15) is 40.5 Å². The summed E-state index contributed by atoms with van der Waals surface area (Å²) in [5.74, 6) is 0.171. The van der Waals surface area contributed by atoms with Crippen LogP contribution in [0.15, 0.2) is 46.9 Å². The van der Waals surface area contributed by atoms with E-state index in [1.165, 1.54) is 0 Å². The Morgan fingerprint density at radius 1 is 1.16 bits per heavy atom. The summed E-state index contributed by atoms with van der Waals surface area (Å²) < 4.78 is 11.6. The van der Waals surface area contributed by atoms with E-state index in [-0.39, 0.29) is 23.0 Å². The zero-order chi connectivity index (χ0) is 22.2. The second-order valence-electron chi connectivity index (χ2n) is 6.91. The van der Waals surface area contributed by atoms with Gasteiger partial charge >= 0.3 is 0 Å². The van der Waals surface area contributed by atoms with Gasteiger partial charge in [-0.25, -0.2) is 0 Å². The number of amides is 2. The molecule has 0 saturated carbocycles. The largest absolute Gasteiger partial charge is 0.493 e. The van der Waals surface area contributed by atoms with Gasteiger partial charge in [-0.05, 0) is 90.4 Å². The molecule has 0 aromatic heterocycles. The van der Waals surface area contributed by atoms with Gasteiger partial charge in [-0.3, -0.25) is 14.9 Å². The van der Waals surface area contributed by atoms with Gasteiger partial charge in [-0.1, -0.05) is 0 Å². The van der Waals surface area contributed by atoms with E-state index in [1.807, 2.05) is 6.92 Å². The van der Waals surface area contributed by atoms with Crippen LogP contribution in [0.3, 0.4) is 0 Å². The van der Waals surface area contributed by atoms with Crippen LogP contribution >= 0.6 is 28.1 Å². The highest BCUT2D eigenvalue weighted by atomic mass is 79.9. The van der Waals surface area contributed by atoms with Gasteiger partial charge in [0.1, 0.15) is 5.75 Å². The standard InChI is InChI=1S/C22H24BrN3O4S/c1-2-29-19-10-7-15(12-18(19)23)21(28)26-22(31)25-16-8-5-14(6-9-16)20(27)24-13-17-4-3-11-30-17/h5-10,12,17H,2-4,11,13H2,1H3,(H,24,27)(H2,25,26,28,31). The molecule has 1 fully saturated rings. The number of nitrogens with one attached hydrogen (secondary N) is 3. The summed E-state index contributed by atoms with van der Waals surface area (Å²) in [7, 11) is 0. The van der Waals surface area contributed by atoms with Crippen LogP contribution in [-0.2, 0) is 4.74 Å². The summed E-state index contributed by atoms with van der Waals surface area (Å²) in [6.07, 6.45) is 2.11. The molecule has 9 heteroatoms. The molecule has 0 aliphatic carbocycles. The van der Waals surface area contributed by atoms with Gasteiger partial charge in [-0.2, -0.15) is 0 Å². The lowest BCUT2D eigenvalue weighted by Crippen LogP contribution is -2.34. The van der Waals surface area contributed by atoms with Gasteiger partial charge < -0.3 is 20.1 Å². The van der Waals surface area contributed by atoms with Crippen molar-refractivity contribution < 1.29 is 19.1 Å². The molecule has 1 aliphatic rings. The predicted octanol–water partition coefficient (Wildman–Crippen LogP) is 3.88. The number of ether oxygens (including phenoxy) is 2. The zero-order valence-electron chi connectivity index (χ0n) is 17.1. The molecule has 1 saturated heterocycles. The number of carbonyl (C=O) groups is 2. The molecule has 1 unspecified atom stereocenters. The Labute approximate surface area is 195 Å². The molecule has 1 atom stereocenters. The van der Waals surface area contributed by atoms with Gasteiger partial charge in [0.15, 0.2) is 5.11 Å². The Bertz CT molecular complexity index is 946. The van der Waals surface area contributed by atoms with E-state index in [0.717, 1.165) is 19.4 Å². The maximum absolute atomic E-state index is 12.4. The first-order valence-electron chi connectivity index (χ1n) is 10.0. The van der Waals surface area contributed by atoms with Crippen molar-refractivity contribution in [3.05, 3.63) is 58.1 Å². The van der Waals surface area contributed by atoms with E-state index in [4.69, 9.17) is 21.7 Å². The van der Waals surface area contributed by atoms with E-state index in [1.54, 1.807) is 42.5 Å². The molecule has 2 amide bonds. The Kier molecular flexibility index (Phi) is 8.39. The van der Waals surface area contributed by atoms with Gasteiger partial charge in [0, 0.05) is 30.0 Å². The van der Waals surface area contributed by atoms with Crippen molar-refractivity contribution in [1.82, 2.24) is 10.6 Å². The Hall–Kier alpha value is -2.49. The zero-order valence-corrected chi connectivity index (χ0v) is 19.5. The molecule has 164 valence electrons. The minimum Gasteiger partial charge on any atom is -0.493 e. The summed E-state index contributed by atoms with van der Waals surface area (Å²) in [6.45, 7) is 3.69. The number of hydrogen-bond acceptors (Lipinski definition) is 5. The Balaban J connectivity index is 1.50. The molecular weight excluding hydrogens is 482 g/mol. The van der Waals surface area contributed by atoms with Crippen LogP contribution in [0.2, 0.25) is 0 Å². The van der Waals surface area contributed by atoms with Crippen molar-refractivity contribution >= 4 is 50.8 Å². The summed E-state index contributed by atoms with van der Waals surface area (Å²) in [5, 5.41) is 8.62. The van der Waals surface area contributed by atoms with Crippen molar-refractivity contribution in [1.29, 1.82) is 0 Å². The third-order valence-electron chi connectivity index (χ3n) is 4.64. The number of anilines is 1. The molecule has 3 rings (SSSR count). The summed E-state index contributed by atoms with van der Waals surface area (Å²) in [6, 6.07) is 11.9. The molecule has 7 nitrogen and oxygen atoms in total. The van der Waals surface area contributed by atoms with Gasteiger partial charge in [0.05, 0.1) is 17.2 Å². The van der Waals surface area contributed by atoms with Crippen LogP contribution in [-0.4, -0.2) is 42.8 Å². The molecule has 1 aliphatic heterocycles. The first-order chi connectivity index (χ1) is 15.0. The van der Waals surface area contributed by atoms with Crippen LogP contribution < -0.4 is 20.7 Å². The number of carbonyl (C=O) groups excluding carboxylic acids is 2. The minimum absolute atomic E-state index is 0.0990. The van der Waals surface area contributed by atoms with E-state index in [2.05, 4.69) is 31.9 Å². The number of rotatable bonds is 7.